The third kappa shape index (κ3) is 1.67. The minimum absolute atomic E-state index is 1.21. The topological polar surface area (TPSA) is 24.1 Å². The zero-order valence-electron chi connectivity index (χ0n) is 11.9. The van der Waals surface area contributed by atoms with E-state index in [1.807, 2.05) is 12.4 Å². The summed E-state index contributed by atoms with van der Waals surface area (Å²) in [6, 6.07) is 22.1. The molecular weight excluding hydrogens is 268 g/mol. The number of hydrogen-bond donors (Lipinski definition) is 2. The highest BCUT2D eigenvalue weighted by atomic mass is 15.3. The van der Waals surface area contributed by atoms with Gasteiger partial charge in [0.15, 0.2) is 0 Å². The summed E-state index contributed by atoms with van der Waals surface area (Å²) in [6.45, 7) is 0. The lowest BCUT2D eigenvalue weighted by atomic mass is 9.99. The van der Waals surface area contributed by atoms with Gasteiger partial charge in [0.25, 0.3) is 0 Å². The zero-order chi connectivity index (χ0) is 14.5. The molecule has 5 rings (SSSR count). The van der Waals surface area contributed by atoms with Gasteiger partial charge in [0, 0.05) is 22.8 Å². The summed E-state index contributed by atoms with van der Waals surface area (Å²) in [7, 11) is 0. The first-order valence-corrected chi connectivity index (χ1v) is 7.45. The fourth-order valence-electron chi connectivity index (χ4n) is 3.27. The second-order valence-corrected chi connectivity index (χ2v) is 5.80. The van der Waals surface area contributed by atoms with Gasteiger partial charge in [-0.1, -0.05) is 24.3 Å². The summed E-state index contributed by atoms with van der Waals surface area (Å²) in [5.74, 6) is 0. The van der Waals surface area contributed by atoms with E-state index >= 15 is 0 Å². The summed E-state index contributed by atoms with van der Waals surface area (Å²) >= 11 is 0. The Morgan fingerprint density at radius 2 is 0.864 bits per heavy atom. The molecular formula is C20H14N2. The maximum atomic E-state index is 3.04. The lowest BCUT2D eigenvalue weighted by Gasteiger charge is -2.08. The Hall–Kier alpha value is -3.00. The van der Waals surface area contributed by atoms with Gasteiger partial charge in [-0.05, 0) is 68.7 Å². The van der Waals surface area contributed by atoms with Crippen LogP contribution in [0.1, 0.15) is 0 Å². The normalized spacial score (nSPS) is 13.1. The van der Waals surface area contributed by atoms with Crippen molar-refractivity contribution in [3.63, 3.8) is 0 Å². The summed E-state index contributed by atoms with van der Waals surface area (Å²) < 4.78 is 0. The fourth-order valence-corrected chi connectivity index (χ4v) is 3.27. The van der Waals surface area contributed by atoms with E-state index in [1.54, 1.807) is 0 Å². The van der Waals surface area contributed by atoms with Crippen LogP contribution in [-0.2, 0) is 0 Å². The minimum Gasteiger partial charge on any atom is -0.308 e. The second kappa shape index (κ2) is 4.25. The van der Waals surface area contributed by atoms with Crippen molar-refractivity contribution >= 4 is 44.7 Å². The SMILES string of the molecule is C1=c2cc3cc4cc5ccccc5cc4cc3cc2=CNN1. The van der Waals surface area contributed by atoms with Gasteiger partial charge in [-0.25, -0.2) is 0 Å². The van der Waals surface area contributed by atoms with Crippen molar-refractivity contribution in [3.8, 4) is 0 Å². The molecule has 0 bridgehead atoms. The third-order valence-corrected chi connectivity index (χ3v) is 4.40. The summed E-state index contributed by atoms with van der Waals surface area (Å²) in [5.41, 5.74) is 6.07. The van der Waals surface area contributed by atoms with Crippen LogP contribution in [0.15, 0.2) is 60.7 Å². The van der Waals surface area contributed by atoms with Crippen LogP contribution in [0.4, 0.5) is 0 Å². The van der Waals surface area contributed by atoms with Gasteiger partial charge in [0.05, 0.1) is 0 Å². The van der Waals surface area contributed by atoms with Crippen molar-refractivity contribution in [2.24, 2.45) is 0 Å². The molecule has 4 aromatic carbocycles. The number of fused-ring (bicyclic) bond motifs is 4. The largest absolute Gasteiger partial charge is 0.308 e. The molecule has 0 amide bonds. The Morgan fingerprint density at radius 1 is 0.455 bits per heavy atom. The highest BCUT2D eigenvalue weighted by Crippen LogP contribution is 2.26. The van der Waals surface area contributed by atoms with Crippen LogP contribution in [0.3, 0.4) is 0 Å². The molecule has 1 aliphatic rings. The molecule has 104 valence electrons. The molecule has 1 heterocycles. The van der Waals surface area contributed by atoms with E-state index in [2.05, 4.69) is 71.5 Å². The zero-order valence-corrected chi connectivity index (χ0v) is 11.9. The average molecular weight is 282 g/mol. The van der Waals surface area contributed by atoms with Crippen LogP contribution in [0.2, 0.25) is 0 Å². The molecule has 0 radical (unpaired) electrons. The lowest BCUT2D eigenvalue weighted by Crippen LogP contribution is -2.38. The van der Waals surface area contributed by atoms with Gasteiger partial charge < -0.3 is 10.9 Å². The molecule has 0 unspecified atom stereocenters. The first-order chi connectivity index (χ1) is 10.9. The molecule has 2 heteroatoms. The van der Waals surface area contributed by atoms with Gasteiger partial charge in [0.1, 0.15) is 0 Å². The summed E-state index contributed by atoms with van der Waals surface area (Å²) in [5, 5.41) is 10.1. The fraction of sp³-hybridized carbons (Fsp3) is 0. The van der Waals surface area contributed by atoms with Crippen molar-refractivity contribution in [3.05, 3.63) is 71.1 Å². The van der Waals surface area contributed by atoms with Crippen molar-refractivity contribution in [2.75, 3.05) is 0 Å². The smallest absolute Gasteiger partial charge is 0.0257 e. The van der Waals surface area contributed by atoms with Gasteiger partial charge in [-0.2, -0.15) is 0 Å². The molecule has 0 aliphatic carbocycles. The third-order valence-electron chi connectivity index (χ3n) is 4.40. The molecule has 0 saturated carbocycles. The Balaban J connectivity index is 1.93. The predicted molar refractivity (Wildman–Crippen MR) is 93.4 cm³/mol. The Morgan fingerprint density at radius 3 is 1.36 bits per heavy atom. The van der Waals surface area contributed by atoms with Crippen LogP contribution < -0.4 is 21.3 Å². The highest BCUT2D eigenvalue weighted by molar-refractivity contribution is 6.04. The standard InChI is InChI=1S/C20H14N2/c1-2-4-14-6-16-8-18-10-20-12-22-21-11-19(20)9-17(18)7-15(16)5-13(14)3-1/h1-12,21-22H. The molecule has 2 N–H and O–H groups in total. The van der Waals surface area contributed by atoms with Crippen LogP contribution in [0.25, 0.3) is 44.7 Å². The van der Waals surface area contributed by atoms with Crippen molar-refractivity contribution in [1.82, 2.24) is 10.9 Å². The Kier molecular flexibility index (Phi) is 2.25. The van der Waals surface area contributed by atoms with Crippen LogP contribution in [-0.4, -0.2) is 0 Å². The van der Waals surface area contributed by atoms with Gasteiger partial charge in [-0.15, -0.1) is 0 Å². The number of nitrogens with one attached hydrogen (secondary N) is 2. The van der Waals surface area contributed by atoms with E-state index in [0.717, 1.165) is 0 Å². The molecule has 4 aromatic rings. The average Bonchev–Trinajstić information content (AvgIpc) is 2.56. The van der Waals surface area contributed by atoms with Crippen LogP contribution in [0, 0.1) is 0 Å². The quantitative estimate of drug-likeness (QED) is 0.485. The Bertz CT molecular complexity index is 1080. The van der Waals surface area contributed by atoms with E-state index < -0.39 is 0 Å². The van der Waals surface area contributed by atoms with Gasteiger partial charge >= 0.3 is 0 Å². The van der Waals surface area contributed by atoms with E-state index in [4.69, 9.17) is 0 Å². The maximum Gasteiger partial charge on any atom is 0.0257 e. The molecule has 0 spiro atoms. The van der Waals surface area contributed by atoms with Crippen molar-refractivity contribution in [2.45, 2.75) is 0 Å². The first kappa shape index (κ1) is 11.6. The maximum absolute atomic E-state index is 3.04. The molecule has 0 fully saturated rings. The molecule has 0 saturated heterocycles. The summed E-state index contributed by atoms with van der Waals surface area (Å²) in [4.78, 5) is 0. The molecule has 0 atom stereocenters. The number of rotatable bonds is 0. The molecule has 22 heavy (non-hydrogen) atoms. The summed E-state index contributed by atoms with van der Waals surface area (Å²) in [6.07, 6.45) is 4.00. The Labute approximate surface area is 127 Å². The number of hydrogen-bond acceptors (Lipinski definition) is 2. The molecule has 0 aromatic heterocycles. The highest BCUT2D eigenvalue weighted by Gasteiger charge is 2.02. The van der Waals surface area contributed by atoms with Gasteiger partial charge in [-0.3, -0.25) is 0 Å². The molecule has 2 nitrogen and oxygen atoms in total. The predicted octanol–water partition coefficient (Wildman–Crippen LogP) is 2.73. The van der Waals surface area contributed by atoms with E-state index in [9.17, 15) is 0 Å². The molecule has 1 aliphatic heterocycles. The van der Waals surface area contributed by atoms with E-state index in [0.29, 0.717) is 0 Å². The van der Waals surface area contributed by atoms with Crippen molar-refractivity contribution in [1.29, 1.82) is 0 Å². The number of benzene rings is 4. The minimum atomic E-state index is 1.21. The van der Waals surface area contributed by atoms with Crippen LogP contribution >= 0.6 is 0 Å². The lowest BCUT2D eigenvalue weighted by molar-refractivity contribution is 0.844. The number of hydrazine groups is 1. The van der Waals surface area contributed by atoms with Crippen molar-refractivity contribution < 1.29 is 0 Å². The van der Waals surface area contributed by atoms with E-state index in [1.165, 1.54) is 42.8 Å². The van der Waals surface area contributed by atoms with Crippen LogP contribution in [0.5, 0.6) is 0 Å². The first-order valence-electron chi connectivity index (χ1n) is 7.45. The van der Waals surface area contributed by atoms with Gasteiger partial charge in [0.2, 0.25) is 0 Å². The second-order valence-electron chi connectivity index (χ2n) is 5.80. The van der Waals surface area contributed by atoms with E-state index in [-0.39, 0.29) is 0 Å². The monoisotopic (exact) mass is 282 g/mol.